The summed E-state index contributed by atoms with van der Waals surface area (Å²) >= 11 is 0. The molecule has 0 unspecified atom stereocenters. The normalized spacial score (nSPS) is 10.4. The van der Waals surface area contributed by atoms with E-state index in [1.54, 1.807) is 0 Å². The van der Waals surface area contributed by atoms with Crippen LogP contribution in [-0.2, 0) is 19.1 Å². The highest BCUT2D eigenvalue weighted by Gasteiger charge is 2.15. The molecule has 0 aromatic rings. The highest BCUT2D eigenvalue weighted by Crippen LogP contribution is 2.12. The first-order valence-corrected chi connectivity index (χ1v) is 9.67. The van der Waals surface area contributed by atoms with Gasteiger partial charge in [0, 0.05) is 0 Å². The third-order valence-electron chi connectivity index (χ3n) is 3.98. The number of esters is 2. The number of hydrogen-bond acceptors (Lipinski definition) is 4. The molecule has 0 rings (SSSR count). The quantitative estimate of drug-likeness (QED) is 0.164. The predicted octanol–water partition coefficient (Wildman–Crippen LogP) is 5.35. The molecule has 0 saturated heterocycles. The molecule has 0 amide bonds. The maximum atomic E-state index is 11.2. The van der Waals surface area contributed by atoms with Gasteiger partial charge in [-0.25, -0.2) is 9.59 Å². The topological polar surface area (TPSA) is 52.6 Å². The Balaban J connectivity index is 3.21. The molecule has 0 aromatic heterocycles. The van der Waals surface area contributed by atoms with Crippen LogP contribution >= 0.6 is 0 Å². The molecule has 0 aliphatic heterocycles. The van der Waals surface area contributed by atoms with E-state index in [1.165, 1.54) is 70.3 Å². The summed E-state index contributed by atoms with van der Waals surface area (Å²) in [6.45, 7) is 5.98. The molecule has 4 heteroatoms. The van der Waals surface area contributed by atoms with Crippen LogP contribution in [0.25, 0.3) is 0 Å². The van der Waals surface area contributed by atoms with Gasteiger partial charge < -0.3 is 9.47 Å². The molecule has 0 spiro atoms. The van der Waals surface area contributed by atoms with Crippen molar-refractivity contribution in [3.8, 4) is 0 Å². The minimum atomic E-state index is -0.940. The van der Waals surface area contributed by atoms with Crippen LogP contribution < -0.4 is 0 Å². The monoisotopic (exact) mass is 340 g/mol. The average Bonchev–Trinajstić information content (AvgIpc) is 2.59. The molecule has 0 saturated carbocycles. The second-order valence-corrected chi connectivity index (χ2v) is 6.27. The minimum absolute atomic E-state index is 0.0344. The Hall–Kier alpha value is -1.32. The van der Waals surface area contributed by atoms with Crippen molar-refractivity contribution >= 4 is 11.9 Å². The van der Waals surface area contributed by atoms with Gasteiger partial charge in [0.25, 0.3) is 0 Å². The first-order valence-electron chi connectivity index (χ1n) is 9.67. The van der Waals surface area contributed by atoms with Gasteiger partial charge in [-0.15, -0.1) is 0 Å². The second kappa shape index (κ2) is 18.0. The third-order valence-corrected chi connectivity index (χ3v) is 3.98. The van der Waals surface area contributed by atoms with E-state index in [1.807, 2.05) is 0 Å². The fourth-order valence-electron chi connectivity index (χ4n) is 2.54. The predicted molar refractivity (Wildman–Crippen MR) is 97.8 cm³/mol. The highest BCUT2D eigenvalue weighted by atomic mass is 16.6. The molecular formula is C20H36O4. The molecule has 140 valence electrons. The van der Waals surface area contributed by atoms with Crippen molar-refractivity contribution in [3.05, 3.63) is 12.7 Å². The van der Waals surface area contributed by atoms with Gasteiger partial charge in [-0.05, 0) is 6.42 Å². The summed E-state index contributed by atoms with van der Waals surface area (Å²) in [6.07, 6.45) is 17.9. The number of rotatable bonds is 16. The Kier molecular flexibility index (Phi) is 17.0. The molecule has 0 radical (unpaired) electrons. The molecule has 0 atom stereocenters. The van der Waals surface area contributed by atoms with Gasteiger partial charge in [0.05, 0.1) is 6.61 Å². The van der Waals surface area contributed by atoms with Gasteiger partial charge in [0.15, 0.2) is 0 Å². The maximum Gasteiger partial charge on any atom is 0.417 e. The molecule has 24 heavy (non-hydrogen) atoms. The van der Waals surface area contributed by atoms with Gasteiger partial charge in [0.1, 0.15) is 6.61 Å². The van der Waals surface area contributed by atoms with Gasteiger partial charge in [-0.3, -0.25) is 0 Å². The standard InChI is InChI=1S/C20H36O4/c1-3-5-6-7-8-9-10-11-12-13-14-15-16-18-24-20(22)19(21)23-17-4-2/h4H,2-3,5-18H2,1H3. The maximum absolute atomic E-state index is 11.2. The molecule has 0 N–H and O–H groups in total. The van der Waals surface area contributed by atoms with Crippen molar-refractivity contribution in [3.63, 3.8) is 0 Å². The Morgan fingerprint density at radius 2 is 1.12 bits per heavy atom. The van der Waals surface area contributed by atoms with Crippen molar-refractivity contribution in [2.75, 3.05) is 13.2 Å². The van der Waals surface area contributed by atoms with E-state index < -0.39 is 11.9 Å². The smallest absolute Gasteiger partial charge is 0.417 e. The van der Waals surface area contributed by atoms with E-state index in [0.29, 0.717) is 6.61 Å². The molecule has 0 aliphatic carbocycles. The fraction of sp³-hybridized carbons (Fsp3) is 0.800. The van der Waals surface area contributed by atoms with E-state index in [4.69, 9.17) is 4.74 Å². The summed E-state index contributed by atoms with van der Waals surface area (Å²) in [5.41, 5.74) is 0. The van der Waals surface area contributed by atoms with E-state index in [9.17, 15) is 9.59 Å². The number of carbonyl (C=O) groups excluding carboxylic acids is 2. The van der Waals surface area contributed by atoms with Crippen molar-refractivity contribution < 1.29 is 19.1 Å². The largest absolute Gasteiger partial charge is 0.457 e. The Morgan fingerprint density at radius 3 is 1.58 bits per heavy atom. The van der Waals surface area contributed by atoms with Gasteiger partial charge in [0.2, 0.25) is 0 Å². The van der Waals surface area contributed by atoms with Crippen LogP contribution in [0.1, 0.15) is 90.4 Å². The number of hydrogen-bond donors (Lipinski definition) is 0. The van der Waals surface area contributed by atoms with Gasteiger partial charge in [-0.1, -0.05) is 96.6 Å². The highest BCUT2D eigenvalue weighted by molar-refractivity contribution is 6.29. The molecule has 0 heterocycles. The third kappa shape index (κ3) is 15.6. The average molecular weight is 341 g/mol. The summed E-state index contributed by atoms with van der Waals surface area (Å²) in [7, 11) is 0. The van der Waals surface area contributed by atoms with E-state index in [0.717, 1.165) is 19.3 Å². The fourth-order valence-corrected chi connectivity index (χ4v) is 2.54. The van der Waals surface area contributed by atoms with Gasteiger partial charge in [-0.2, -0.15) is 0 Å². The molecule has 0 fully saturated rings. The number of carbonyl (C=O) groups is 2. The van der Waals surface area contributed by atoms with Crippen molar-refractivity contribution in [2.45, 2.75) is 90.4 Å². The zero-order chi connectivity index (χ0) is 17.9. The van der Waals surface area contributed by atoms with Crippen LogP contribution in [0.15, 0.2) is 12.7 Å². The zero-order valence-electron chi connectivity index (χ0n) is 15.5. The lowest BCUT2D eigenvalue weighted by molar-refractivity contribution is -0.167. The minimum Gasteiger partial charge on any atom is -0.457 e. The second-order valence-electron chi connectivity index (χ2n) is 6.27. The number of unbranched alkanes of at least 4 members (excludes halogenated alkanes) is 12. The summed E-state index contributed by atoms with van der Waals surface area (Å²) in [6, 6.07) is 0. The zero-order valence-corrected chi connectivity index (χ0v) is 15.5. The van der Waals surface area contributed by atoms with Crippen molar-refractivity contribution in [1.29, 1.82) is 0 Å². The lowest BCUT2D eigenvalue weighted by atomic mass is 10.0. The molecule has 0 aromatic carbocycles. The summed E-state index contributed by atoms with van der Waals surface area (Å²) in [5.74, 6) is -1.85. The van der Waals surface area contributed by atoms with Crippen LogP contribution in [0.5, 0.6) is 0 Å². The summed E-state index contributed by atoms with van der Waals surface area (Å²) < 4.78 is 9.44. The first-order chi connectivity index (χ1) is 11.7. The molecule has 0 aliphatic rings. The van der Waals surface area contributed by atoms with E-state index >= 15 is 0 Å². The first kappa shape index (κ1) is 22.7. The van der Waals surface area contributed by atoms with Crippen LogP contribution in [0.3, 0.4) is 0 Å². The number of ether oxygens (including phenoxy) is 2. The SMILES string of the molecule is C=CCOC(=O)C(=O)OCCCCCCCCCCCCCCC. The van der Waals surface area contributed by atoms with Crippen molar-refractivity contribution in [2.24, 2.45) is 0 Å². The Bertz CT molecular complexity index is 326. The van der Waals surface area contributed by atoms with E-state index in [2.05, 4.69) is 18.2 Å². The molecule has 4 nitrogen and oxygen atoms in total. The Labute approximate surface area is 148 Å². The van der Waals surface area contributed by atoms with E-state index in [-0.39, 0.29) is 6.61 Å². The molecule has 0 bridgehead atoms. The van der Waals surface area contributed by atoms with Gasteiger partial charge >= 0.3 is 11.9 Å². The van der Waals surface area contributed by atoms with Crippen LogP contribution in [0.2, 0.25) is 0 Å². The lowest BCUT2D eigenvalue weighted by Crippen LogP contribution is -2.20. The summed E-state index contributed by atoms with van der Waals surface area (Å²) in [5, 5.41) is 0. The van der Waals surface area contributed by atoms with Crippen molar-refractivity contribution in [1.82, 2.24) is 0 Å². The van der Waals surface area contributed by atoms with Crippen LogP contribution in [0.4, 0.5) is 0 Å². The Morgan fingerprint density at radius 1 is 0.708 bits per heavy atom. The molecular weight excluding hydrogens is 304 g/mol. The van der Waals surface area contributed by atoms with Crippen LogP contribution in [0, 0.1) is 0 Å². The lowest BCUT2D eigenvalue weighted by Gasteiger charge is -2.05. The van der Waals surface area contributed by atoms with Crippen LogP contribution in [-0.4, -0.2) is 25.2 Å². The summed E-state index contributed by atoms with van der Waals surface area (Å²) in [4.78, 5) is 22.4.